The number of aliphatic hydroxyl groups excluding tert-OH is 1. The molecule has 2 atom stereocenters. The van der Waals surface area contributed by atoms with Crippen molar-refractivity contribution in [3.8, 4) is 0 Å². The molecule has 6 nitrogen and oxygen atoms in total. The van der Waals surface area contributed by atoms with Crippen LogP contribution in [0.15, 0.2) is 0 Å². The number of morpholine rings is 1. The van der Waals surface area contributed by atoms with Crippen LogP contribution in [0.4, 0.5) is 0 Å². The van der Waals surface area contributed by atoms with E-state index < -0.39 is 12.0 Å². The number of aliphatic carboxylic acids is 1. The predicted octanol–water partition coefficient (Wildman–Crippen LogP) is -1.13. The topological polar surface area (TPSA) is 96.0 Å². The van der Waals surface area contributed by atoms with Crippen molar-refractivity contribution in [1.82, 2.24) is 4.90 Å². The SMILES string of the molecule is CC1(C)CN(CC(N)C(=O)O)CC(CO)O1. The maximum atomic E-state index is 10.7. The lowest BCUT2D eigenvalue weighted by molar-refractivity contribution is -0.154. The molecule has 0 amide bonds. The number of nitrogens with two attached hydrogens (primary N) is 1. The lowest BCUT2D eigenvalue weighted by Crippen LogP contribution is -2.57. The Morgan fingerprint density at radius 2 is 2.31 bits per heavy atom. The standard InChI is InChI=1S/C10H20N2O4/c1-10(2)6-12(3-7(5-13)16-10)4-8(11)9(14)15/h7-8,13H,3-6,11H2,1-2H3,(H,14,15). The molecule has 0 aromatic rings. The summed E-state index contributed by atoms with van der Waals surface area (Å²) in [7, 11) is 0. The molecule has 0 aromatic heterocycles. The van der Waals surface area contributed by atoms with E-state index in [2.05, 4.69) is 0 Å². The lowest BCUT2D eigenvalue weighted by Gasteiger charge is -2.42. The number of aliphatic hydroxyl groups is 1. The van der Waals surface area contributed by atoms with Crippen molar-refractivity contribution in [2.75, 3.05) is 26.2 Å². The average Bonchev–Trinajstić information content (AvgIpc) is 2.14. The molecule has 1 fully saturated rings. The number of ether oxygens (including phenoxy) is 1. The zero-order valence-corrected chi connectivity index (χ0v) is 9.72. The van der Waals surface area contributed by atoms with Crippen LogP contribution in [0.1, 0.15) is 13.8 Å². The summed E-state index contributed by atoms with van der Waals surface area (Å²) in [5, 5.41) is 17.8. The van der Waals surface area contributed by atoms with E-state index in [1.54, 1.807) is 0 Å². The summed E-state index contributed by atoms with van der Waals surface area (Å²) in [6.07, 6.45) is -0.273. The Kier molecular flexibility index (Phi) is 4.26. The molecular formula is C10H20N2O4. The molecule has 0 aliphatic carbocycles. The first-order valence-electron chi connectivity index (χ1n) is 5.33. The average molecular weight is 232 g/mol. The summed E-state index contributed by atoms with van der Waals surface area (Å²) in [6, 6.07) is -0.895. The van der Waals surface area contributed by atoms with Crippen molar-refractivity contribution in [2.24, 2.45) is 5.73 Å². The van der Waals surface area contributed by atoms with Gasteiger partial charge in [0.2, 0.25) is 0 Å². The molecule has 4 N–H and O–H groups in total. The summed E-state index contributed by atoms with van der Waals surface area (Å²) in [6.45, 7) is 5.16. The summed E-state index contributed by atoms with van der Waals surface area (Å²) in [5.74, 6) is -1.01. The third kappa shape index (κ3) is 3.71. The third-order valence-corrected chi connectivity index (χ3v) is 2.53. The molecule has 0 aromatic carbocycles. The van der Waals surface area contributed by atoms with Crippen LogP contribution in [-0.2, 0) is 9.53 Å². The Bertz CT molecular complexity index is 257. The van der Waals surface area contributed by atoms with E-state index in [0.29, 0.717) is 13.1 Å². The van der Waals surface area contributed by atoms with E-state index >= 15 is 0 Å². The van der Waals surface area contributed by atoms with Gasteiger partial charge in [0, 0.05) is 19.6 Å². The fraction of sp³-hybridized carbons (Fsp3) is 0.900. The molecule has 0 bridgehead atoms. The van der Waals surface area contributed by atoms with Gasteiger partial charge in [-0.15, -0.1) is 0 Å². The normalized spacial score (nSPS) is 27.6. The molecule has 1 rings (SSSR count). The summed E-state index contributed by atoms with van der Waals surface area (Å²) < 4.78 is 5.62. The van der Waals surface area contributed by atoms with Crippen LogP contribution in [0, 0.1) is 0 Å². The number of carboxylic acid groups (broad SMARTS) is 1. The Morgan fingerprint density at radius 1 is 1.69 bits per heavy atom. The monoisotopic (exact) mass is 232 g/mol. The van der Waals surface area contributed by atoms with Gasteiger partial charge in [-0.1, -0.05) is 0 Å². The second-order valence-electron chi connectivity index (χ2n) is 4.82. The van der Waals surface area contributed by atoms with Gasteiger partial charge in [0.15, 0.2) is 0 Å². The van der Waals surface area contributed by atoms with Gasteiger partial charge in [0.25, 0.3) is 0 Å². The largest absolute Gasteiger partial charge is 0.480 e. The Morgan fingerprint density at radius 3 is 2.81 bits per heavy atom. The van der Waals surface area contributed by atoms with Gasteiger partial charge in [-0.25, -0.2) is 0 Å². The van der Waals surface area contributed by atoms with E-state index in [1.807, 2.05) is 18.7 Å². The molecule has 1 aliphatic heterocycles. The van der Waals surface area contributed by atoms with Crippen LogP contribution in [-0.4, -0.2) is 65.1 Å². The molecule has 1 heterocycles. The zero-order chi connectivity index (χ0) is 12.3. The van der Waals surface area contributed by atoms with Crippen LogP contribution in [0.3, 0.4) is 0 Å². The smallest absolute Gasteiger partial charge is 0.321 e. The zero-order valence-electron chi connectivity index (χ0n) is 9.72. The molecule has 16 heavy (non-hydrogen) atoms. The van der Waals surface area contributed by atoms with E-state index in [0.717, 1.165) is 0 Å². The molecule has 0 saturated carbocycles. The summed E-state index contributed by atoms with van der Waals surface area (Å²) >= 11 is 0. The van der Waals surface area contributed by atoms with Crippen molar-refractivity contribution in [2.45, 2.75) is 31.6 Å². The summed E-state index contributed by atoms with van der Waals surface area (Å²) in [4.78, 5) is 12.6. The second-order valence-corrected chi connectivity index (χ2v) is 4.82. The molecule has 94 valence electrons. The van der Waals surface area contributed by atoms with Crippen LogP contribution < -0.4 is 5.73 Å². The first kappa shape index (κ1) is 13.4. The Hall–Kier alpha value is -0.690. The lowest BCUT2D eigenvalue weighted by atomic mass is 10.0. The van der Waals surface area contributed by atoms with Crippen molar-refractivity contribution in [1.29, 1.82) is 0 Å². The van der Waals surface area contributed by atoms with Gasteiger partial charge in [-0.2, -0.15) is 0 Å². The molecule has 1 aliphatic rings. The van der Waals surface area contributed by atoms with Gasteiger partial charge in [0.1, 0.15) is 6.04 Å². The minimum atomic E-state index is -1.01. The molecule has 1 saturated heterocycles. The highest BCUT2D eigenvalue weighted by Crippen LogP contribution is 2.20. The minimum absolute atomic E-state index is 0.0672. The van der Waals surface area contributed by atoms with Gasteiger partial charge in [-0.05, 0) is 13.8 Å². The summed E-state index contributed by atoms with van der Waals surface area (Å²) in [5.41, 5.74) is 5.09. The highest BCUT2D eigenvalue weighted by molar-refractivity contribution is 5.73. The van der Waals surface area contributed by atoms with Crippen molar-refractivity contribution in [3.05, 3.63) is 0 Å². The Balaban J connectivity index is 2.56. The van der Waals surface area contributed by atoms with Gasteiger partial charge < -0.3 is 20.7 Å². The van der Waals surface area contributed by atoms with Crippen LogP contribution in [0.25, 0.3) is 0 Å². The van der Waals surface area contributed by atoms with Crippen LogP contribution in [0.5, 0.6) is 0 Å². The van der Waals surface area contributed by atoms with Crippen LogP contribution in [0.2, 0.25) is 0 Å². The molecule has 2 unspecified atom stereocenters. The van der Waals surface area contributed by atoms with E-state index in [1.165, 1.54) is 0 Å². The number of carbonyl (C=O) groups is 1. The van der Waals surface area contributed by atoms with E-state index in [4.69, 9.17) is 20.7 Å². The highest BCUT2D eigenvalue weighted by atomic mass is 16.5. The number of hydrogen-bond acceptors (Lipinski definition) is 5. The van der Waals surface area contributed by atoms with Crippen molar-refractivity contribution in [3.63, 3.8) is 0 Å². The third-order valence-electron chi connectivity index (χ3n) is 2.53. The Labute approximate surface area is 95.0 Å². The van der Waals surface area contributed by atoms with E-state index in [-0.39, 0.29) is 24.9 Å². The van der Waals surface area contributed by atoms with Crippen molar-refractivity contribution < 1.29 is 19.7 Å². The quantitative estimate of drug-likeness (QED) is 0.567. The predicted molar refractivity (Wildman–Crippen MR) is 58.1 cm³/mol. The molecule has 0 radical (unpaired) electrons. The minimum Gasteiger partial charge on any atom is -0.480 e. The van der Waals surface area contributed by atoms with Gasteiger partial charge in [-0.3, -0.25) is 9.69 Å². The molecule has 0 spiro atoms. The van der Waals surface area contributed by atoms with Gasteiger partial charge >= 0.3 is 5.97 Å². The maximum absolute atomic E-state index is 10.7. The van der Waals surface area contributed by atoms with Crippen LogP contribution >= 0.6 is 0 Å². The second kappa shape index (κ2) is 5.09. The number of hydrogen-bond donors (Lipinski definition) is 3. The number of carboxylic acids is 1. The molecular weight excluding hydrogens is 212 g/mol. The fourth-order valence-corrected chi connectivity index (χ4v) is 2.01. The highest BCUT2D eigenvalue weighted by Gasteiger charge is 2.34. The van der Waals surface area contributed by atoms with E-state index in [9.17, 15) is 4.79 Å². The molecule has 6 heteroatoms. The van der Waals surface area contributed by atoms with Gasteiger partial charge in [0.05, 0.1) is 18.3 Å². The number of rotatable bonds is 4. The first-order chi connectivity index (χ1) is 7.34. The fourth-order valence-electron chi connectivity index (χ4n) is 2.01. The van der Waals surface area contributed by atoms with Crippen molar-refractivity contribution >= 4 is 5.97 Å². The maximum Gasteiger partial charge on any atom is 0.321 e. The first-order valence-corrected chi connectivity index (χ1v) is 5.33. The number of nitrogens with zero attached hydrogens (tertiary/aromatic N) is 1.